The summed E-state index contributed by atoms with van der Waals surface area (Å²) in [5.41, 5.74) is 0.251. The van der Waals surface area contributed by atoms with Gasteiger partial charge >= 0.3 is 6.18 Å². The van der Waals surface area contributed by atoms with Gasteiger partial charge in [0.2, 0.25) is 5.12 Å². The Bertz CT molecular complexity index is 482. The lowest BCUT2D eigenvalue weighted by Gasteiger charge is -2.10. The first-order valence-electron chi connectivity index (χ1n) is 4.77. The highest BCUT2D eigenvalue weighted by Crippen LogP contribution is 2.31. The van der Waals surface area contributed by atoms with Gasteiger partial charge in [-0.15, -0.1) is 0 Å². The molecule has 0 saturated carbocycles. The molecule has 0 unspecified atom stereocenters. The molecule has 0 amide bonds. The van der Waals surface area contributed by atoms with Crippen LogP contribution < -0.4 is 5.32 Å². The van der Waals surface area contributed by atoms with Gasteiger partial charge in [0.15, 0.2) is 0 Å². The molecule has 1 N–H and O–H groups in total. The van der Waals surface area contributed by atoms with Gasteiger partial charge in [0.25, 0.3) is 0 Å². The highest BCUT2D eigenvalue weighted by atomic mass is 32.2. The van der Waals surface area contributed by atoms with Crippen molar-refractivity contribution in [1.82, 2.24) is 0 Å². The number of nitrogens with one attached hydrogen (secondary N) is 1. The van der Waals surface area contributed by atoms with Gasteiger partial charge in [0.1, 0.15) is 0 Å². The highest BCUT2D eigenvalue weighted by molar-refractivity contribution is 8.14. The molecule has 0 bridgehead atoms. The Morgan fingerprint density at radius 3 is 2.65 bits per heavy atom. The standard InChI is InChI=1S/C11H8F3NOS/c12-11(13,14)7-2-1-3-8(4-7)15-9-5-10(16)17-6-9/h1-5,15H,6H2. The molecular weight excluding hydrogens is 251 g/mol. The molecular formula is C11H8F3NOS. The van der Waals surface area contributed by atoms with E-state index in [1.807, 2.05) is 0 Å². The maximum Gasteiger partial charge on any atom is 0.416 e. The minimum Gasteiger partial charge on any atom is -0.358 e. The summed E-state index contributed by atoms with van der Waals surface area (Å²) in [7, 11) is 0. The van der Waals surface area contributed by atoms with Gasteiger partial charge in [-0.05, 0) is 18.2 Å². The summed E-state index contributed by atoms with van der Waals surface area (Å²) >= 11 is 1.12. The zero-order chi connectivity index (χ0) is 12.5. The van der Waals surface area contributed by atoms with E-state index in [1.54, 1.807) is 0 Å². The van der Waals surface area contributed by atoms with E-state index in [0.29, 0.717) is 17.1 Å². The van der Waals surface area contributed by atoms with Crippen LogP contribution in [0.2, 0.25) is 0 Å². The first-order chi connectivity index (χ1) is 7.95. The molecule has 1 aliphatic heterocycles. The lowest BCUT2D eigenvalue weighted by molar-refractivity contribution is -0.137. The monoisotopic (exact) mass is 259 g/mol. The van der Waals surface area contributed by atoms with Crippen molar-refractivity contribution in [1.29, 1.82) is 0 Å². The normalized spacial score (nSPS) is 15.9. The number of benzene rings is 1. The Hall–Kier alpha value is -1.43. The van der Waals surface area contributed by atoms with Crippen LogP contribution >= 0.6 is 11.8 Å². The molecule has 2 nitrogen and oxygen atoms in total. The van der Waals surface area contributed by atoms with E-state index in [-0.39, 0.29) is 5.12 Å². The zero-order valence-electron chi connectivity index (χ0n) is 8.54. The predicted molar refractivity (Wildman–Crippen MR) is 60.6 cm³/mol. The summed E-state index contributed by atoms with van der Waals surface area (Å²) in [6.07, 6.45) is -2.96. The van der Waals surface area contributed by atoms with Gasteiger partial charge in [-0.2, -0.15) is 13.2 Å². The molecule has 0 aromatic heterocycles. The van der Waals surface area contributed by atoms with E-state index in [2.05, 4.69) is 5.32 Å². The van der Waals surface area contributed by atoms with E-state index >= 15 is 0 Å². The van der Waals surface area contributed by atoms with Crippen LogP contribution in [0.15, 0.2) is 36.0 Å². The maximum absolute atomic E-state index is 12.4. The third-order valence-electron chi connectivity index (χ3n) is 2.16. The van der Waals surface area contributed by atoms with E-state index in [0.717, 1.165) is 23.9 Å². The average Bonchev–Trinajstić information content (AvgIpc) is 2.63. The molecule has 0 spiro atoms. The Morgan fingerprint density at radius 2 is 2.06 bits per heavy atom. The number of carbonyl (C=O) groups is 1. The first kappa shape index (κ1) is 12.0. The van der Waals surface area contributed by atoms with Crippen LogP contribution in [0.3, 0.4) is 0 Å². The minimum atomic E-state index is -4.35. The predicted octanol–water partition coefficient (Wildman–Crippen LogP) is 3.27. The number of rotatable bonds is 2. The molecule has 1 aromatic rings. The number of alkyl halides is 3. The van der Waals surface area contributed by atoms with Crippen LogP contribution in [-0.4, -0.2) is 10.9 Å². The number of hydrogen-bond acceptors (Lipinski definition) is 3. The summed E-state index contributed by atoms with van der Waals surface area (Å²) < 4.78 is 37.3. The second-order valence-electron chi connectivity index (χ2n) is 3.48. The van der Waals surface area contributed by atoms with Gasteiger partial charge in [-0.3, -0.25) is 4.79 Å². The molecule has 17 heavy (non-hydrogen) atoms. The van der Waals surface area contributed by atoms with Crippen molar-refractivity contribution in [3.8, 4) is 0 Å². The molecule has 1 heterocycles. The number of anilines is 1. The van der Waals surface area contributed by atoms with E-state index in [9.17, 15) is 18.0 Å². The van der Waals surface area contributed by atoms with Crippen LogP contribution in [0.5, 0.6) is 0 Å². The van der Waals surface area contributed by atoms with Crippen molar-refractivity contribution in [2.24, 2.45) is 0 Å². The summed E-state index contributed by atoms with van der Waals surface area (Å²) in [5.74, 6) is 0.467. The van der Waals surface area contributed by atoms with Crippen LogP contribution in [0.25, 0.3) is 0 Å². The van der Waals surface area contributed by atoms with Crippen LogP contribution in [0.1, 0.15) is 5.56 Å². The molecule has 2 rings (SSSR count). The van der Waals surface area contributed by atoms with Gasteiger partial charge in [0, 0.05) is 23.2 Å². The van der Waals surface area contributed by atoms with Crippen molar-refractivity contribution in [3.05, 3.63) is 41.6 Å². The average molecular weight is 259 g/mol. The van der Waals surface area contributed by atoms with Crippen molar-refractivity contribution in [3.63, 3.8) is 0 Å². The Morgan fingerprint density at radius 1 is 1.29 bits per heavy atom. The molecule has 0 saturated heterocycles. The number of halogens is 3. The van der Waals surface area contributed by atoms with Gasteiger partial charge in [-0.1, -0.05) is 17.8 Å². The smallest absolute Gasteiger partial charge is 0.358 e. The molecule has 1 aromatic carbocycles. The summed E-state index contributed by atoms with van der Waals surface area (Å²) in [5, 5.41) is 2.72. The number of hydrogen-bond donors (Lipinski definition) is 1. The first-order valence-corrected chi connectivity index (χ1v) is 5.75. The second kappa shape index (κ2) is 4.44. The van der Waals surface area contributed by atoms with Crippen LogP contribution in [-0.2, 0) is 11.0 Å². The molecule has 0 atom stereocenters. The Kier molecular flexibility index (Phi) is 3.15. The molecule has 0 radical (unpaired) electrons. The van der Waals surface area contributed by atoms with Crippen LogP contribution in [0.4, 0.5) is 18.9 Å². The summed E-state index contributed by atoms with van der Waals surface area (Å²) in [4.78, 5) is 10.9. The van der Waals surface area contributed by atoms with Crippen LogP contribution in [0, 0.1) is 0 Å². The van der Waals surface area contributed by atoms with E-state index < -0.39 is 11.7 Å². The van der Waals surface area contributed by atoms with E-state index in [1.165, 1.54) is 18.2 Å². The van der Waals surface area contributed by atoms with Gasteiger partial charge in [-0.25, -0.2) is 0 Å². The highest BCUT2D eigenvalue weighted by Gasteiger charge is 2.30. The summed E-state index contributed by atoms with van der Waals surface area (Å²) in [6, 6.07) is 4.89. The van der Waals surface area contributed by atoms with Gasteiger partial charge in [0.05, 0.1) is 5.56 Å². The molecule has 1 aliphatic rings. The molecule has 0 fully saturated rings. The maximum atomic E-state index is 12.4. The molecule has 90 valence electrons. The zero-order valence-corrected chi connectivity index (χ0v) is 9.36. The fraction of sp³-hybridized carbons (Fsp3) is 0.182. The third-order valence-corrected chi connectivity index (χ3v) is 3.01. The number of carbonyl (C=O) groups excluding carboxylic acids is 1. The van der Waals surface area contributed by atoms with Crippen molar-refractivity contribution in [2.75, 3.05) is 11.1 Å². The minimum absolute atomic E-state index is 0.0838. The van der Waals surface area contributed by atoms with E-state index in [4.69, 9.17) is 0 Å². The quantitative estimate of drug-likeness (QED) is 0.883. The third kappa shape index (κ3) is 3.03. The number of thioether (sulfide) groups is 1. The van der Waals surface area contributed by atoms with Gasteiger partial charge < -0.3 is 5.32 Å². The fourth-order valence-electron chi connectivity index (χ4n) is 1.41. The summed E-state index contributed by atoms with van der Waals surface area (Å²) in [6.45, 7) is 0. The lowest BCUT2D eigenvalue weighted by atomic mass is 10.2. The fourth-order valence-corrected chi connectivity index (χ4v) is 2.08. The molecule has 6 heteroatoms. The Balaban J connectivity index is 2.17. The lowest BCUT2D eigenvalue weighted by Crippen LogP contribution is -2.06. The topological polar surface area (TPSA) is 29.1 Å². The van der Waals surface area contributed by atoms with Crippen molar-refractivity contribution in [2.45, 2.75) is 6.18 Å². The van der Waals surface area contributed by atoms with Crippen molar-refractivity contribution >= 4 is 22.6 Å². The Labute approximate surface area is 99.9 Å². The SMILES string of the molecule is O=C1C=C(Nc2cccc(C(F)(F)F)c2)CS1. The molecule has 0 aliphatic carbocycles. The second-order valence-corrected chi connectivity index (χ2v) is 4.46. The largest absolute Gasteiger partial charge is 0.416 e. The van der Waals surface area contributed by atoms with Crippen molar-refractivity contribution < 1.29 is 18.0 Å².